The van der Waals surface area contributed by atoms with E-state index in [1.165, 1.54) is 11.3 Å². The Morgan fingerprint density at radius 3 is 2.61 bits per heavy atom. The van der Waals surface area contributed by atoms with Gasteiger partial charge in [-0.15, -0.1) is 11.3 Å². The third-order valence-corrected chi connectivity index (χ3v) is 3.16. The summed E-state index contributed by atoms with van der Waals surface area (Å²) < 4.78 is 38.9. The van der Waals surface area contributed by atoms with Gasteiger partial charge in [-0.2, -0.15) is 0 Å². The number of carbonyl (C=O) groups excluding carboxylic acids is 1. The van der Waals surface area contributed by atoms with Crippen molar-refractivity contribution in [1.82, 2.24) is 5.32 Å². The Bertz CT molecular complexity index is 569. The number of hydrogen-bond acceptors (Lipinski definition) is 2. The zero-order valence-corrected chi connectivity index (χ0v) is 9.86. The zero-order chi connectivity index (χ0) is 13.1. The van der Waals surface area contributed by atoms with Crippen LogP contribution in [0.15, 0.2) is 29.6 Å². The number of thiophene rings is 1. The molecule has 0 radical (unpaired) electrons. The molecule has 0 aliphatic heterocycles. The monoisotopic (exact) mass is 271 g/mol. The predicted octanol–water partition coefficient (Wildman–Crippen LogP) is 3.10. The lowest BCUT2D eigenvalue weighted by molar-refractivity contribution is 0.0946. The van der Waals surface area contributed by atoms with Crippen LogP contribution in [-0.4, -0.2) is 5.91 Å². The topological polar surface area (TPSA) is 29.1 Å². The van der Waals surface area contributed by atoms with E-state index in [2.05, 4.69) is 5.32 Å². The van der Waals surface area contributed by atoms with Crippen LogP contribution in [0.5, 0.6) is 0 Å². The minimum absolute atomic E-state index is 0.217. The first-order valence-electron chi connectivity index (χ1n) is 5.03. The summed E-state index contributed by atoms with van der Waals surface area (Å²) in [6, 6.07) is 5.24. The standard InChI is InChI=1S/C12H8F3NOS/c13-9-4-3-8(10(14)11(9)15)12(17)16-6-7-2-1-5-18-7/h1-5H,6H2,(H,16,17). The maximum absolute atomic E-state index is 13.3. The quantitative estimate of drug-likeness (QED) is 0.854. The molecule has 1 aromatic heterocycles. The highest BCUT2D eigenvalue weighted by Crippen LogP contribution is 2.15. The molecule has 0 bridgehead atoms. The molecular formula is C12H8F3NOS. The Labute approximate surface area is 105 Å². The lowest BCUT2D eigenvalue weighted by Gasteiger charge is -2.05. The number of benzene rings is 1. The molecule has 0 spiro atoms. The van der Waals surface area contributed by atoms with Gasteiger partial charge in [-0.25, -0.2) is 13.2 Å². The van der Waals surface area contributed by atoms with Crippen molar-refractivity contribution in [3.05, 3.63) is 57.5 Å². The Morgan fingerprint density at radius 1 is 1.17 bits per heavy atom. The molecule has 0 unspecified atom stereocenters. The Morgan fingerprint density at radius 2 is 1.94 bits per heavy atom. The number of amides is 1. The van der Waals surface area contributed by atoms with Gasteiger partial charge in [-0.3, -0.25) is 4.79 Å². The van der Waals surface area contributed by atoms with E-state index in [9.17, 15) is 18.0 Å². The first-order valence-corrected chi connectivity index (χ1v) is 5.91. The van der Waals surface area contributed by atoms with Gasteiger partial charge in [0.2, 0.25) is 0 Å². The molecule has 1 aromatic carbocycles. The summed E-state index contributed by atoms with van der Waals surface area (Å²) in [5, 5.41) is 4.26. The number of nitrogens with one attached hydrogen (secondary N) is 1. The van der Waals surface area contributed by atoms with Gasteiger partial charge in [-0.1, -0.05) is 6.07 Å². The molecule has 18 heavy (non-hydrogen) atoms. The number of rotatable bonds is 3. The molecular weight excluding hydrogens is 263 g/mol. The molecule has 0 atom stereocenters. The maximum atomic E-state index is 13.3. The van der Waals surface area contributed by atoms with E-state index < -0.39 is 28.9 Å². The fourth-order valence-electron chi connectivity index (χ4n) is 1.38. The molecule has 0 saturated carbocycles. The van der Waals surface area contributed by atoms with Gasteiger partial charge >= 0.3 is 0 Å². The molecule has 0 fully saturated rings. The molecule has 2 nitrogen and oxygen atoms in total. The lowest BCUT2D eigenvalue weighted by Crippen LogP contribution is -2.24. The van der Waals surface area contributed by atoms with E-state index in [4.69, 9.17) is 0 Å². The molecule has 1 amide bonds. The van der Waals surface area contributed by atoms with Crippen LogP contribution >= 0.6 is 11.3 Å². The summed E-state index contributed by atoms with van der Waals surface area (Å²) in [5.74, 6) is -5.21. The number of carbonyl (C=O) groups is 1. The summed E-state index contributed by atoms with van der Waals surface area (Å²) in [6.07, 6.45) is 0. The second kappa shape index (κ2) is 5.22. The summed E-state index contributed by atoms with van der Waals surface area (Å²) in [7, 11) is 0. The summed E-state index contributed by atoms with van der Waals surface area (Å²) in [4.78, 5) is 12.5. The highest BCUT2D eigenvalue weighted by Gasteiger charge is 2.18. The number of halogens is 3. The minimum Gasteiger partial charge on any atom is -0.347 e. The van der Waals surface area contributed by atoms with Crippen LogP contribution in [0.3, 0.4) is 0 Å². The van der Waals surface area contributed by atoms with Crippen molar-refractivity contribution in [1.29, 1.82) is 0 Å². The Kier molecular flexibility index (Phi) is 3.66. The molecule has 94 valence electrons. The molecule has 6 heteroatoms. The van der Waals surface area contributed by atoms with Gasteiger partial charge in [0.15, 0.2) is 17.5 Å². The molecule has 0 saturated heterocycles. The van der Waals surface area contributed by atoms with Crippen molar-refractivity contribution < 1.29 is 18.0 Å². The lowest BCUT2D eigenvalue weighted by atomic mass is 10.2. The van der Waals surface area contributed by atoms with Crippen LogP contribution in [0.25, 0.3) is 0 Å². The fourth-order valence-corrected chi connectivity index (χ4v) is 2.02. The Balaban J connectivity index is 2.12. The first-order chi connectivity index (χ1) is 8.59. The van der Waals surface area contributed by atoms with Gasteiger partial charge in [0.05, 0.1) is 12.1 Å². The third-order valence-electron chi connectivity index (χ3n) is 2.28. The van der Waals surface area contributed by atoms with Gasteiger partial charge < -0.3 is 5.32 Å². The van der Waals surface area contributed by atoms with Crippen molar-refractivity contribution in [2.45, 2.75) is 6.54 Å². The van der Waals surface area contributed by atoms with E-state index in [0.717, 1.165) is 17.0 Å². The van der Waals surface area contributed by atoms with Gasteiger partial charge in [0.25, 0.3) is 5.91 Å². The normalized spacial score (nSPS) is 10.4. The average Bonchev–Trinajstić information content (AvgIpc) is 2.86. The van der Waals surface area contributed by atoms with Crippen molar-refractivity contribution in [2.75, 3.05) is 0 Å². The maximum Gasteiger partial charge on any atom is 0.254 e. The number of hydrogen-bond donors (Lipinski definition) is 1. The van der Waals surface area contributed by atoms with Crippen molar-refractivity contribution in [3.63, 3.8) is 0 Å². The van der Waals surface area contributed by atoms with Crippen LogP contribution in [0, 0.1) is 17.5 Å². The van der Waals surface area contributed by atoms with Crippen LogP contribution in [0.4, 0.5) is 13.2 Å². The van der Waals surface area contributed by atoms with Gasteiger partial charge in [-0.05, 0) is 23.6 Å². The molecule has 1 N–H and O–H groups in total. The highest BCUT2D eigenvalue weighted by atomic mass is 32.1. The van der Waals surface area contributed by atoms with E-state index in [0.29, 0.717) is 0 Å². The Hall–Kier alpha value is -1.82. The molecule has 0 aliphatic carbocycles. The zero-order valence-electron chi connectivity index (χ0n) is 9.04. The molecule has 0 aliphatic rings. The van der Waals surface area contributed by atoms with E-state index in [1.807, 2.05) is 11.4 Å². The van der Waals surface area contributed by atoms with Crippen LogP contribution in [-0.2, 0) is 6.54 Å². The largest absolute Gasteiger partial charge is 0.347 e. The molecule has 2 rings (SSSR count). The van der Waals surface area contributed by atoms with E-state index in [1.54, 1.807) is 6.07 Å². The van der Waals surface area contributed by atoms with Crippen LogP contribution < -0.4 is 5.32 Å². The summed E-state index contributed by atoms with van der Waals surface area (Å²) in [5.41, 5.74) is -0.509. The second-order valence-corrected chi connectivity index (χ2v) is 4.52. The fraction of sp³-hybridized carbons (Fsp3) is 0.0833. The van der Waals surface area contributed by atoms with Gasteiger partial charge in [0.1, 0.15) is 0 Å². The van der Waals surface area contributed by atoms with E-state index >= 15 is 0 Å². The molecule has 2 aromatic rings. The SMILES string of the molecule is O=C(NCc1cccs1)c1ccc(F)c(F)c1F. The van der Waals surface area contributed by atoms with Crippen molar-refractivity contribution >= 4 is 17.2 Å². The summed E-state index contributed by atoms with van der Waals surface area (Å²) >= 11 is 1.43. The third kappa shape index (κ3) is 2.53. The second-order valence-electron chi connectivity index (χ2n) is 3.48. The van der Waals surface area contributed by atoms with Crippen LogP contribution in [0.2, 0.25) is 0 Å². The highest BCUT2D eigenvalue weighted by molar-refractivity contribution is 7.09. The van der Waals surface area contributed by atoms with Gasteiger partial charge in [0, 0.05) is 4.88 Å². The predicted molar refractivity (Wildman–Crippen MR) is 61.8 cm³/mol. The smallest absolute Gasteiger partial charge is 0.254 e. The average molecular weight is 271 g/mol. The van der Waals surface area contributed by atoms with Crippen molar-refractivity contribution in [3.8, 4) is 0 Å². The van der Waals surface area contributed by atoms with E-state index in [-0.39, 0.29) is 6.54 Å². The summed E-state index contributed by atoms with van der Waals surface area (Å²) in [6.45, 7) is 0.217. The van der Waals surface area contributed by atoms with Crippen LogP contribution in [0.1, 0.15) is 15.2 Å². The molecule has 1 heterocycles. The minimum atomic E-state index is -1.64. The first kappa shape index (κ1) is 12.6. The van der Waals surface area contributed by atoms with Crippen molar-refractivity contribution in [2.24, 2.45) is 0 Å².